The van der Waals surface area contributed by atoms with Crippen molar-refractivity contribution < 1.29 is 14.6 Å². The molecule has 5 nitrogen and oxygen atoms in total. The van der Waals surface area contributed by atoms with Crippen LogP contribution in [0.25, 0.3) is 0 Å². The number of hydrogen-bond donors (Lipinski definition) is 2. The van der Waals surface area contributed by atoms with Gasteiger partial charge in [-0.2, -0.15) is 0 Å². The van der Waals surface area contributed by atoms with Crippen LogP contribution in [0.4, 0.5) is 5.69 Å². The molecular weight excluding hydrogens is 316 g/mol. The van der Waals surface area contributed by atoms with Crippen molar-refractivity contribution in [1.29, 1.82) is 0 Å². The second kappa shape index (κ2) is 7.99. The predicted molar refractivity (Wildman–Crippen MR) is 92.1 cm³/mol. The fourth-order valence-corrected chi connectivity index (χ4v) is 3.15. The molecule has 1 aromatic carbocycles. The minimum absolute atomic E-state index is 0.0309. The quantitative estimate of drug-likeness (QED) is 0.836. The van der Waals surface area contributed by atoms with Gasteiger partial charge in [-0.05, 0) is 56.0 Å². The molecule has 1 amide bonds. The summed E-state index contributed by atoms with van der Waals surface area (Å²) in [5, 5.41) is 13.0. The zero-order valence-electron chi connectivity index (χ0n) is 13.8. The van der Waals surface area contributed by atoms with E-state index >= 15 is 0 Å². The number of nitrogens with one attached hydrogen (secondary N) is 1. The summed E-state index contributed by atoms with van der Waals surface area (Å²) in [5.41, 5.74) is 0.614. The van der Waals surface area contributed by atoms with E-state index in [1.165, 1.54) is 0 Å². The van der Waals surface area contributed by atoms with Crippen LogP contribution in [-0.2, 0) is 4.79 Å². The van der Waals surface area contributed by atoms with E-state index in [0.29, 0.717) is 23.0 Å². The molecule has 0 spiro atoms. The van der Waals surface area contributed by atoms with E-state index in [1.54, 1.807) is 25.3 Å². The van der Waals surface area contributed by atoms with Crippen molar-refractivity contribution in [3.8, 4) is 5.75 Å². The molecule has 1 heterocycles. The van der Waals surface area contributed by atoms with Gasteiger partial charge in [0.2, 0.25) is 5.91 Å². The Hall–Kier alpha value is -1.30. The largest absolute Gasteiger partial charge is 0.495 e. The van der Waals surface area contributed by atoms with Crippen LogP contribution < -0.4 is 10.1 Å². The number of carbonyl (C=O) groups excluding carboxylic acids is 1. The van der Waals surface area contributed by atoms with Crippen LogP contribution in [0.5, 0.6) is 5.75 Å². The van der Waals surface area contributed by atoms with E-state index < -0.39 is 0 Å². The average molecular weight is 341 g/mol. The lowest BCUT2D eigenvalue weighted by Crippen LogP contribution is -2.44. The number of methoxy groups -OCH3 is 1. The van der Waals surface area contributed by atoms with Crippen molar-refractivity contribution in [2.24, 2.45) is 5.41 Å². The summed E-state index contributed by atoms with van der Waals surface area (Å²) >= 11 is 5.97. The van der Waals surface area contributed by atoms with Gasteiger partial charge in [0.1, 0.15) is 5.75 Å². The minimum atomic E-state index is -0.0847. The molecular formula is C17H25ClN2O3. The van der Waals surface area contributed by atoms with E-state index in [1.807, 2.05) is 0 Å². The molecule has 128 valence electrons. The number of aliphatic hydroxyl groups is 1. The van der Waals surface area contributed by atoms with E-state index in [2.05, 4.69) is 17.1 Å². The summed E-state index contributed by atoms with van der Waals surface area (Å²) in [5.74, 6) is 0.505. The Balaban J connectivity index is 1.90. The maximum atomic E-state index is 12.3. The van der Waals surface area contributed by atoms with E-state index in [-0.39, 0.29) is 17.9 Å². The topological polar surface area (TPSA) is 61.8 Å². The molecule has 1 aliphatic rings. The number of carbonyl (C=O) groups is 1. The van der Waals surface area contributed by atoms with Crippen LogP contribution in [0.3, 0.4) is 0 Å². The van der Waals surface area contributed by atoms with E-state index in [0.717, 1.165) is 32.4 Å². The third-order valence-corrected chi connectivity index (χ3v) is 5.04. The first kappa shape index (κ1) is 18.0. The van der Waals surface area contributed by atoms with E-state index in [9.17, 15) is 9.90 Å². The highest BCUT2D eigenvalue weighted by molar-refractivity contribution is 6.31. The Morgan fingerprint density at radius 2 is 2.13 bits per heavy atom. The first-order valence-electron chi connectivity index (χ1n) is 7.98. The maximum absolute atomic E-state index is 12.3. The Morgan fingerprint density at radius 3 is 2.70 bits per heavy atom. The number of amides is 1. The molecule has 2 N–H and O–H groups in total. The SMILES string of the molecule is CCC1(CO)CCN(CC(=O)Nc2cc(Cl)ccc2OC)CC1. The molecule has 0 radical (unpaired) electrons. The van der Waals surface area contributed by atoms with Gasteiger partial charge in [0.05, 0.1) is 19.3 Å². The first-order chi connectivity index (χ1) is 11.0. The molecule has 2 rings (SSSR count). The molecule has 23 heavy (non-hydrogen) atoms. The number of anilines is 1. The average Bonchev–Trinajstić information content (AvgIpc) is 2.56. The molecule has 1 saturated heterocycles. The van der Waals surface area contributed by atoms with Crippen LogP contribution in [0.2, 0.25) is 5.02 Å². The smallest absolute Gasteiger partial charge is 0.238 e. The second-order valence-electron chi connectivity index (χ2n) is 6.18. The van der Waals surface area contributed by atoms with Gasteiger partial charge in [-0.25, -0.2) is 0 Å². The molecule has 0 aliphatic carbocycles. The number of rotatable bonds is 6. The third kappa shape index (κ3) is 4.59. The zero-order chi connectivity index (χ0) is 16.9. The fraction of sp³-hybridized carbons (Fsp3) is 0.588. The Labute approximate surface area is 142 Å². The number of halogens is 1. The molecule has 0 bridgehead atoms. The Bertz CT molecular complexity index is 537. The highest BCUT2D eigenvalue weighted by atomic mass is 35.5. The Kier molecular flexibility index (Phi) is 6.27. The summed E-state index contributed by atoms with van der Waals surface area (Å²) in [6.45, 7) is 4.33. The Morgan fingerprint density at radius 1 is 1.43 bits per heavy atom. The van der Waals surface area contributed by atoms with Crippen LogP contribution in [0.1, 0.15) is 26.2 Å². The standard InChI is InChI=1S/C17H25ClN2O3/c1-3-17(12-21)6-8-20(9-7-17)11-16(22)19-14-10-13(18)4-5-15(14)23-2/h4-5,10,21H,3,6-9,11-12H2,1-2H3,(H,19,22). The summed E-state index contributed by atoms with van der Waals surface area (Å²) in [7, 11) is 1.56. The van der Waals surface area contributed by atoms with Crippen molar-refractivity contribution in [2.75, 3.05) is 38.7 Å². The zero-order valence-corrected chi connectivity index (χ0v) is 14.5. The summed E-state index contributed by atoms with van der Waals surface area (Å²) < 4.78 is 5.23. The minimum Gasteiger partial charge on any atom is -0.495 e. The number of aliphatic hydroxyl groups excluding tert-OH is 1. The molecule has 1 fully saturated rings. The molecule has 0 unspecified atom stereocenters. The molecule has 1 aromatic rings. The number of piperidine rings is 1. The lowest BCUT2D eigenvalue weighted by Gasteiger charge is -2.39. The number of benzene rings is 1. The monoisotopic (exact) mass is 340 g/mol. The number of ether oxygens (including phenoxy) is 1. The molecule has 0 saturated carbocycles. The normalized spacial score (nSPS) is 17.7. The van der Waals surface area contributed by atoms with Gasteiger partial charge < -0.3 is 15.2 Å². The van der Waals surface area contributed by atoms with Crippen LogP contribution >= 0.6 is 11.6 Å². The van der Waals surface area contributed by atoms with Crippen molar-refractivity contribution in [2.45, 2.75) is 26.2 Å². The number of likely N-dealkylation sites (tertiary alicyclic amines) is 1. The van der Waals surface area contributed by atoms with Crippen LogP contribution in [0.15, 0.2) is 18.2 Å². The van der Waals surface area contributed by atoms with Crippen LogP contribution in [-0.4, -0.2) is 49.3 Å². The highest BCUT2D eigenvalue weighted by Crippen LogP contribution is 2.34. The van der Waals surface area contributed by atoms with Gasteiger partial charge in [0.25, 0.3) is 0 Å². The number of nitrogens with zero attached hydrogens (tertiary/aromatic N) is 1. The first-order valence-corrected chi connectivity index (χ1v) is 8.36. The maximum Gasteiger partial charge on any atom is 0.238 e. The van der Waals surface area contributed by atoms with Crippen molar-refractivity contribution in [3.05, 3.63) is 23.2 Å². The summed E-state index contributed by atoms with van der Waals surface area (Å²) in [6.07, 6.45) is 2.82. The predicted octanol–water partition coefficient (Wildman–Crippen LogP) is 2.77. The fourth-order valence-electron chi connectivity index (χ4n) is 2.98. The third-order valence-electron chi connectivity index (χ3n) is 4.80. The lowest BCUT2D eigenvalue weighted by molar-refractivity contribution is -0.118. The van der Waals surface area contributed by atoms with Gasteiger partial charge in [-0.15, -0.1) is 0 Å². The lowest BCUT2D eigenvalue weighted by atomic mass is 9.77. The molecule has 0 aromatic heterocycles. The second-order valence-corrected chi connectivity index (χ2v) is 6.62. The van der Waals surface area contributed by atoms with Gasteiger partial charge in [-0.3, -0.25) is 9.69 Å². The molecule has 6 heteroatoms. The van der Waals surface area contributed by atoms with E-state index in [4.69, 9.17) is 16.3 Å². The van der Waals surface area contributed by atoms with Crippen LogP contribution in [0, 0.1) is 5.41 Å². The van der Waals surface area contributed by atoms with Crippen molar-refractivity contribution in [1.82, 2.24) is 4.90 Å². The summed E-state index contributed by atoms with van der Waals surface area (Å²) in [4.78, 5) is 14.4. The van der Waals surface area contributed by atoms with Gasteiger partial charge in [-0.1, -0.05) is 18.5 Å². The van der Waals surface area contributed by atoms with Crippen molar-refractivity contribution in [3.63, 3.8) is 0 Å². The van der Waals surface area contributed by atoms with Gasteiger partial charge >= 0.3 is 0 Å². The number of hydrogen-bond acceptors (Lipinski definition) is 4. The molecule has 1 aliphatic heterocycles. The summed E-state index contributed by atoms with van der Waals surface area (Å²) in [6, 6.07) is 5.14. The molecule has 0 atom stereocenters. The van der Waals surface area contributed by atoms with Gasteiger partial charge in [0, 0.05) is 11.6 Å². The highest BCUT2D eigenvalue weighted by Gasteiger charge is 2.32. The van der Waals surface area contributed by atoms with Gasteiger partial charge in [0.15, 0.2) is 0 Å². The van der Waals surface area contributed by atoms with Crippen molar-refractivity contribution >= 4 is 23.2 Å².